The predicted molar refractivity (Wildman–Crippen MR) is 116 cm³/mol. The first-order valence-electron chi connectivity index (χ1n) is 9.30. The lowest BCUT2D eigenvalue weighted by atomic mass is 10.1. The molecule has 8 heteroatoms. The molecule has 2 aromatic carbocycles. The van der Waals surface area contributed by atoms with Crippen LogP contribution in [0.5, 0.6) is 0 Å². The number of nitro benzene ring substituents is 1. The van der Waals surface area contributed by atoms with Crippen LogP contribution < -0.4 is 10.6 Å². The van der Waals surface area contributed by atoms with Crippen molar-refractivity contribution in [2.24, 2.45) is 0 Å². The van der Waals surface area contributed by atoms with E-state index in [1.165, 1.54) is 24.3 Å². The van der Waals surface area contributed by atoms with E-state index < -0.39 is 16.7 Å². The molecule has 0 fully saturated rings. The van der Waals surface area contributed by atoms with E-state index in [1.807, 2.05) is 0 Å². The molecule has 1 aromatic heterocycles. The average Bonchev–Trinajstić information content (AvgIpc) is 3.26. The molecule has 0 saturated carbocycles. The molecule has 0 aliphatic carbocycles. The summed E-state index contributed by atoms with van der Waals surface area (Å²) < 4.78 is 5.73. The van der Waals surface area contributed by atoms with Crippen LogP contribution in [0.4, 0.5) is 5.69 Å². The predicted octanol–water partition coefficient (Wildman–Crippen LogP) is 3.93. The van der Waals surface area contributed by atoms with Crippen molar-refractivity contribution in [3.05, 3.63) is 107 Å². The highest BCUT2D eigenvalue weighted by Gasteiger charge is 2.16. The molecule has 0 bridgehead atoms. The van der Waals surface area contributed by atoms with Gasteiger partial charge in [-0.1, -0.05) is 36.4 Å². The Balaban J connectivity index is 1.88. The molecule has 0 radical (unpaired) electrons. The van der Waals surface area contributed by atoms with Crippen LogP contribution in [-0.2, 0) is 4.79 Å². The molecule has 0 saturated heterocycles. The highest BCUT2D eigenvalue weighted by atomic mass is 16.6. The first kappa shape index (κ1) is 21.3. The van der Waals surface area contributed by atoms with E-state index in [4.69, 9.17) is 4.42 Å². The first-order chi connectivity index (χ1) is 15.0. The minimum atomic E-state index is -0.516. The summed E-state index contributed by atoms with van der Waals surface area (Å²) >= 11 is 0. The van der Waals surface area contributed by atoms with Gasteiger partial charge in [0.15, 0.2) is 0 Å². The Hall–Kier alpha value is -4.46. The van der Waals surface area contributed by atoms with Crippen LogP contribution in [0.2, 0.25) is 0 Å². The van der Waals surface area contributed by atoms with Gasteiger partial charge in [-0.2, -0.15) is 0 Å². The standard InChI is InChI=1S/C23H19N3O5/c1-2-13-24-23(28)20(25-22(27)16-7-4-3-5-8-16)15-19-11-12-21(31-19)17-9-6-10-18(14-17)26(29)30/h2-12,14-15H,1,13H2,(H,24,28)(H,25,27)/b20-15+. The molecule has 3 rings (SSSR count). The third kappa shape index (κ3) is 5.54. The van der Waals surface area contributed by atoms with E-state index >= 15 is 0 Å². The monoisotopic (exact) mass is 417 g/mol. The van der Waals surface area contributed by atoms with Crippen molar-refractivity contribution in [1.82, 2.24) is 10.6 Å². The highest BCUT2D eigenvalue weighted by molar-refractivity contribution is 6.05. The van der Waals surface area contributed by atoms with Crippen LogP contribution in [0, 0.1) is 10.1 Å². The quantitative estimate of drug-likeness (QED) is 0.249. The van der Waals surface area contributed by atoms with E-state index in [1.54, 1.807) is 54.6 Å². The molecule has 3 aromatic rings. The summed E-state index contributed by atoms with van der Waals surface area (Å²) in [5.74, 6) is -0.294. The Kier molecular flexibility index (Phi) is 6.74. The maximum Gasteiger partial charge on any atom is 0.270 e. The zero-order valence-electron chi connectivity index (χ0n) is 16.4. The van der Waals surface area contributed by atoms with Gasteiger partial charge in [0.25, 0.3) is 17.5 Å². The number of nitrogens with zero attached hydrogens (tertiary/aromatic N) is 1. The van der Waals surface area contributed by atoms with Gasteiger partial charge in [0.2, 0.25) is 0 Å². The molecule has 0 aliphatic heterocycles. The van der Waals surface area contributed by atoms with E-state index in [0.717, 1.165) is 0 Å². The van der Waals surface area contributed by atoms with Gasteiger partial charge in [-0.05, 0) is 24.3 Å². The number of furan rings is 1. The van der Waals surface area contributed by atoms with Crippen LogP contribution in [0.25, 0.3) is 17.4 Å². The van der Waals surface area contributed by atoms with Crippen molar-refractivity contribution in [3.8, 4) is 11.3 Å². The molecule has 0 unspecified atom stereocenters. The number of nitro groups is 1. The first-order valence-corrected chi connectivity index (χ1v) is 9.30. The molecule has 1 heterocycles. The number of hydrogen-bond donors (Lipinski definition) is 2. The summed E-state index contributed by atoms with van der Waals surface area (Å²) in [4.78, 5) is 35.5. The molecular formula is C23H19N3O5. The van der Waals surface area contributed by atoms with Crippen molar-refractivity contribution < 1.29 is 18.9 Å². The number of carbonyl (C=O) groups excluding carboxylic acids is 2. The zero-order chi connectivity index (χ0) is 22.2. The van der Waals surface area contributed by atoms with Gasteiger partial charge in [-0.25, -0.2) is 0 Å². The highest BCUT2D eigenvalue weighted by Crippen LogP contribution is 2.26. The summed E-state index contributed by atoms with van der Waals surface area (Å²) in [6.45, 7) is 3.77. The molecule has 2 N–H and O–H groups in total. The number of hydrogen-bond acceptors (Lipinski definition) is 5. The summed E-state index contributed by atoms with van der Waals surface area (Å²) in [5.41, 5.74) is 0.822. The van der Waals surface area contributed by atoms with E-state index in [-0.39, 0.29) is 17.9 Å². The SMILES string of the molecule is C=CCNC(=O)/C(=C\c1ccc(-c2cccc([N+](=O)[O-])c2)o1)NC(=O)c1ccccc1. The van der Waals surface area contributed by atoms with Crippen molar-refractivity contribution in [2.75, 3.05) is 6.54 Å². The molecule has 0 spiro atoms. The van der Waals surface area contributed by atoms with Gasteiger partial charge >= 0.3 is 0 Å². The van der Waals surface area contributed by atoms with Gasteiger partial charge < -0.3 is 15.1 Å². The second kappa shape index (κ2) is 9.84. The third-order valence-electron chi connectivity index (χ3n) is 4.19. The fourth-order valence-electron chi connectivity index (χ4n) is 2.70. The number of rotatable bonds is 8. The largest absolute Gasteiger partial charge is 0.457 e. The molecular weight excluding hydrogens is 398 g/mol. The lowest BCUT2D eigenvalue weighted by Gasteiger charge is -2.09. The smallest absolute Gasteiger partial charge is 0.270 e. The minimum Gasteiger partial charge on any atom is -0.457 e. The maximum absolute atomic E-state index is 12.5. The zero-order valence-corrected chi connectivity index (χ0v) is 16.4. The van der Waals surface area contributed by atoms with Gasteiger partial charge in [-0.3, -0.25) is 19.7 Å². The normalized spacial score (nSPS) is 10.9. The van der Waals surface area contributed by atoms with Crippen molar-refractivity contribution in [3.63, 3.8) is 0 Å². The molecule has 156 valence electrons. The van der Waals surface area contributed by atoms with E-state index in [9.17, 15) is 19.7 Å². The van der Waals surface area contributed by atoms with Crippen molar-refractivity contribution >= 4 is 23.6 Å². The second-order valence-electron chi connectivity index (χ2n) is 6.39. The second-order valence-corrected chi connectivity index (χ2v) is 6.39. The van der Waals surface area contributed by atoms with Gasteiger partial charge in [-0.15, -0.1) is 6.58 Å². The Labute approximate surface area is 178 Å². The number of amides is 2. The van der Waals surface area contributed by atoms with E-state index in [2.05, 4.69) is 17.2 Å². The Morgan fingerprint density at radius 2 is 1.84 bits per heavy atom. The molecule has 2 amide bonds. The topological polar surface area (TPSA) is 114 Å². The van der Waals surface area contributed by atoms with Crippen LogP contribution in [0.1, 0.15) is 16.1 Å². The van der Waals surface area contributed by atoms with Crippen LogP contribution in [0.15, 0.2) is 89.5 Å². The lowest BCUT2D eigenvalue weighted by molar-refractivity contribution is -0.384. The summed E-state index contributed by atoms with van der Waals surface area (Å²) in [6, 6.07) is 17.7. The van der Waals surface area contributed by atoms with Gasteiger partial charge in [0, 0.05) is 35.9 Å². The molecule has 8 nitrogen and oxygen atoms in total. The van der Waals surface area contributed by atoms with Crippen LogP contribution in [0.3, 0.4) is 0 Å². The number of non-ortho nitro benzene ring substituents is 1. The number of carbonyl (C=O) groups is 2. The van der Waals surface area contributed by atoms with Gasteiger partial charge in [0.05, 0.1) is 4.92 Å². The van der Waals surface area contributed by atoms with Crippen molar-refractivity contribution in [1.29, 1.82) is 0 Å². The summed E-state index contributed by atoms with van der Waals surface area (Å²) in [6.07, 6.45) is 2.90. The summed E-state index contributed by atoms with van der Waals surface area (Å²) in [5, 5.41) is 16.2. The third-order valence-corrected chi connectivity index (χ3v) is 4.19. The Bertz CT molecular complexity index is 1150. The van der Waals surface area contributed by atoms with E-state index in [0.29, 0.717) is 22.6 Å². The van der Waals surface area contributed by atoms with Crippen LogP contribution >= 0.6 is 0 Å². The summed E-state index contributed by atoms with van der Waals surface area (Å²) in [7, 11) is 0. The fourth-order valence-corrected chi connectivity index (χ4v) is 2.70. The Morgan fingerprint density at radius 3 is 2.55 bits per heavy atom. The van der Waals surface area contributed by atoms with Crippen LogP contribution in [-0.4, -0.2) is 23.3 Å². The Morgan fingerprint density at radius 1 is 1.06 bits per heavy atom. The lowest BCUT2D eigenvalue weighted by Crippen LogP contribution is -2.34. The minimum absolute atomic E-state index is 0.0179. The maximum atomic E-state index is 12.5. The molecule has 0 atom stereocenters. The molecule has 0 aliphatic rings. The average molecular weight is 417 g/mol. The van der Waals surface area contributed by atoms with Gasteiger partial charge in [0.1, 0.15) is 17.2 Å². The van der Waals surface area contributed by atoms with Crippen molar-refractivity contribution in [2.45, 2.75) is 0 Å². The fraction of sp³-hybridized carbons (Fsp3) is 0.0435. The molecule has 31 heavy (non-hydrogen) atoms. The number of benzene rings is 2. The number of nitrogens with one attached hydrogen (secondary N) is 2.